The van der Waals surface area contributed by atoms with Crippen molar-refractivity contribution in [1.29, 1.82) is 0 Å². The van der Waals surface area contributed by atoms with E-state index in [4.69, 9.17) is 16.3 Å². The van der Waals surface area contributed by atoms with Gasteiger partial charge in [-0.15, -0.1) is 0 Å². The van der Waals surface area contributed by atoms with Gasteiger partial charge in [-0.05, 0) is 73.3 Å². The molecule has 0 bridgehead atoms. The topological polar surface area (TPSA) is 89.7 Å². The normalized spacial score (nSPS) is 10.9. The second-order valence-corrected chi connectivity index (χ2v) is 7.87. The highest BCUT2D eigenvalue weighted by atomic mass is 79.9. The molecular weight excluding hydrogens is 527 g/mol. The Labute approximate surface area is 188 Å². The summed E-state index contributed by atoms with van der Waals surface area (Å²) in [6.07, 6.45) is 2.97. The zero-order chi connectivity index (χ0) is 20.8. The summed E-state index contributed by atoms with van der Waals surface area (Å²) >= 11 is 12.9. The molecule has 3 aromatic rings. The van der Waals surface area contributed by atoms with Crippen LogP contribution in [0.2, 0.25) is 5.02 Å². The van der Waals surface area contributed by atoms with E-state index in [1.807, 2.05) is 36.4 Å². The SMILES string of the molecule is O=[N+]([O-])c1cccnc1N/N=C\c1cc(Br)c(OCc2ccc(Cl)cc2)c(Br)c1. The molecule has 3 rings (SSSR count). The van der Waals surface area contributed by atoms with Crippen molar-refractivity contribution in [3.8, 4) is 5.75 Å². The van der Waals surface area contributed by atoms with E-state index in [0.29, 0.717) is 17.4 Å². The van der Waals surface area contributed by atoms with E-state index in [1.165, 1.54) is 24.5 Å². The molecule has 0 atom stereocenters. The van der Waals surface area contributed by atoms with Crippen LogP contribution < -0.4 is 10.2 Å². The lowest BCUT2D eigenvalue weighted by Gasteiger charge is -2.11. The fourth-order valence-corrected chi connectivity index (χ4v) is 3.90. The third-order valence-corrected chi connectivity index (χ3v) is 5.11. The molecule has 29 heavy (non-hydrogen) atoms. The number of hydrogen-bond acceptors (Lipinski definition) is 6. The molecule has 1 N–H and O–H groups in total. The van der Waals surface area contributed by atoms with Gasteiger partial charge in [0.1, 0.15) is 12.4 Å². The number of ether oxygens (including phenoxy) is 1. The second-order valence-electron chi connectivity index (χ2n) is 5.73. The van der Waals surface area contributed by atoms with E-state index < -0.39 is 4.92 Å². The average Bonchev–Trinajstić information content (AvgIpc) is 2.69. The molecule has 1 heterocycles. The molecule has 0 spiro atoms. The van der Waals surface area contributed by atoms with Gasteiger partial charge in [-0.3, -0.25) is 15.5 Å². The van der Waals surface area contributed by atoms with Gasteiger partial charge in [0.25, 0.3) is 0 Å². The van der Waals surface area contributed by atoms with Gasteiger partial charge in [0.2, 0.25) is 5.82 Å². The average molecular weight is 541 g/mol. The zero-order valence-electron chi connectivity index (χ0n) is 14.7. The van der Waals surface area contributed by atoms with Crippen molar-refractivity contribution < 1.29 is 9.66 Å². The molecule has 0 aliphatic carbocycles. The molecule has 0 aliphatic heterocycles. The summed E-state index contributed by atoms with van der Waals surface area (Å²) in [6.45, 7) is 0.382. The molecule has 1 aromatic heterocycles. The second kappa shape index (κ2) is 9.82. The Hall–Kier alpha value is -2.49. The lowest BCUT2D eigenvalue weighted by atomic mass is 10.2. The van der Waals surface area contributed by atoms with Crippen molar-refractivity contribution >= 4 is 61.2 Å². The van der Waals surface area contributed by atoms with Gasteiger partial charge < -0.3 is 4.74 Å². The van der Waals surface area contributed by atoms with Crippen LogP contribution >= 0.6 is 43.5 Å². The molecule has 0 radical (unpaired) electrons. The molecule has 0 fully saturated rings. The van der Waals surface area contributed by atoms with Crippen LogP contribution in [0.15, 0.2) is 68.8 Å². The van der Waals surface area contributed by atoms with Crippen LogP contribution in [0.1, 0.15) is 11.1 Å². The third kappa shape index (κ3) is 5.75. The van der Waals surface area contributed by atoms with Crippen LogP contribution in [0.3, 0.4) is 0 Å². The number of rotatable bonds is 7. The minimum absolute atomic E-state index is 0.0646. The highest BCUT2D eigenvalue weighted by Crippen LogP contribution is 2.35. The van der Waals surface area contributed by atoms with Gasteiger partial charge >= 0.3 is 5.69 Å². The Kier molecular flexibility index (Phi) is 7.18. The number of pyridine rings is 1. The van der Waals surface area contributed by atoms with E-state index in [9.17, 15) is 10.1 Å². The number of halogens is 3. The Morgan fingerprint density at radius 1 is 1.21 bits per heavy atom. The van der Waals surface area contributed by atoms with Crippen molar-refractivity contribution in [3.05, 3.63) is 89.9 Å². The Balaban J connectivity index is 1.69. The minimum Gasteiger partial charge on any atom is -0.487 e. The summed E-state index contributed by atoms with van der Waals surface area (Å²) in [4.78, 5) is 14.4. The van der Waals surface area contributed by atoms with Crippen molar-refractivity contribution in [3.63, 3.8) is 0 Å². The van der Waals surface area contributed by atoms with E-state index in [2.05, 4.69) is 47.4 Å². The summed E-state index contributed by atoms with van der Waals surface area (Å²) in [5.41, 5.74) is 4.17. The van der Waals surface area contributed by atoms with Gasteiger partial charge in [0.15, 0.2) is 0 Å². The van der Waals surface area contributed by atoms with Crippen LogP contribution in [0.4, 0.5) is 11.5 Å². The Morgan fingerprint density at radius 3 is 2.55 bits per heavy atom. The van der Waals surface area contributed by atoms with Crippen LogP contribution in [0.25, 0.3) is 0 Å². The smallest absolute Gasteiger partial charge is 0.313 e. The maximum absolute atomic E-state index is 11.0. The van der Waals surface area contributed by atoms with Crippen LogP contribution in [-0.4, -0.2) is 16.1 Å². The number of nitrogens with zero attached hydrogens (tertiary/aromatic N) is 3. The van der Waals surface area contributed by atoms with Gasteiger partial charge in [-0.25, -0.2) is 4.98 Å². The van der Waals surface area contributed by atoms with E-state index in [0.717, 1.165) is 20.1 Å². The summed E-state index contributed by atoms with van der Waals surface area (Å²) in [5, 5.41) is 15.7. The molecule has 2 aromatic carbocycles. The van der Waals surface area contributed by atoms with Crippen molar-refractivity contribution in [1.82, 2.24) is 4.98 Å². The molecule has 0 saturated carbocycles. The predicted octanol–water partition coefficient (Wildman–Crippen LogP) is 6.19. The molecule has 7 nitrogen and oxygen atoms in total. The maximum Gasteiger partial charge on any atom is 0.313 e. The summed E-state index contributed by atoms with van der Waals surface area (Å²) < 4.78 is 7.34. The van der Waals surface area contributed by atoms with Gasteiger partial charge in [-0.1, -0.05) is 23.7 Å². The molecule has 0 amide bonds. The summed E-state index contributed by atoms with van der Waals surface area (Å²) in [7, 11) is 0. The molecule has 10 heteroatoms. The first-order valence-electron chi connectivity index (χ1n) is 8.19. The van der Waals surface area contributed by atoms with Crippen molar-refractivity contribution in [2.24, 2.45) is 5.10 Å². The fraction of sp³-hybridized carbons (Fsp3) is 0.0526. The van der Waals surface area contributed by atoms with Crippen molar-refractivity contribution in [2.45, 2.75) is 6.61 Å². The number of aromatic nitrogens is 1. The highest BCUT2D eigenvalue weighted by Gasteiger charge is 2.13. The number of hydrazone groups is 1. The minimum atomic E-state index is -0.523. The van der Waals surface area contributed by atoms with Crippen molar-refractivity contribution in [2.75, 3.05) is 5.43 Å². The monoisotopic (exact) mass is 538 g/mol. The van der Waals surface area contributed by atoms with Gasteiger partial charge in [0.05, 0.1) is 20.1 Å². The fourth-order valence-electron chi connectivity index (χ4n) is 2.33. The first-order chi connectivity index (χ1) is 13.9. The molecule has 0 saturated heterocycles. The zero-order valence-corrected chi connectivity index (χ0v) is 18.6. The number of nitro groups is 1. The summed E-state index contributed by atoms with van der Waals surface area (Å²) in [6, 6.07) is 13.9. The molecule has 0 aliphatic rings. The lowest BCUT2D eigenvalue weighted by molar-refractivity contribution is -0.384. The summed E-state index contributed by atoms with van der Waals surface area (Å²) in [5.74, 6) is 0.709. The lowest BCUT2D eigenvalue weighted by Crippen LogP contribution is -2.00. The number of nitrogens with one attached hydrogen (secondary N) is 1. The first kappa shape index (κ1) is 21.2. The largest absolute Gasteiger partial charge is 0.487 e. The third-order valence-electron chi connectivity index (χ3n) is 3.68. The number of benzene rings is 2. The van der Waals surface area contributed by atoms with Gasteiger partial charge in [0, 0.05) is 17.3 Å². The van der Waals surface area contributed by atoms with Crippen LogP contribution in [0.5, 0.6) is 5.75 Å². The van der Waals surface area contributed by atoms with Crippen LogP contribution in [-0.2, 0) is 6.61 Å². The van der Waals surface area contributed by atoms with Crippen LogP contribution in [0, 0.1) is 10.1 Å². The van der Waals surface area contributed by atoms with E-state index >= 15 is 0 Å². The molecule has 148 valence electrons. The quantitative estimate of drug-likeness (QED) is 0.219. The standard InChI is InChI=1S/C19H13Br2ClN4O3/c20-15-8-13(10-24-25-19-17(26(27)28)2-1-7-23-19)9-16(21)18(15)29-11-12-3-5-14(22)6-4-12/h1-10H,11H2,(H,23,25)/b24-10-. The van der Waals surface area contributed by atoms with Gasteiger partial charge in [-0.2, -0.15) is 5.10 Å². The first-order valence-corrected chi connectivity index (χ1v) is 10.1. The maximum atomic E-state index is 11.0. The van der Waals surface area contributed by atoms with E-state index in [1.54, 1.807) is 0 Å². The molecule has 0 unspecified atom stereocenters. The Morgan fingerprint density at radius 2 is 1.90 bits per heavy atom. The highest BCUT2D eigenvalue weighted by molar-refractivity contribution is 9.11. The van der Waals surface area contributed by atoms with E-state index in [-0.39, 0.29) is 11.5 Å². The number of hydrogen-bond donors (Lipinski definition) is 1. The predicted molar refractivity (Wildman–Crippen MR) is 120 cm³/mol. The molecular formula is C19H13Br2ClN4O3. The number of anilines is 1. The Bertz CT molecular complexity index is 1040.